The fourth-order valence-corrected chi connectivity index (χ4v) is 2.44. The van der Waals surface area contributed by atoms with Crippen LogP contribution in [0.2, 0.25) is 0 Å². The SMILES string of the molecule is CC(C)C(C)N1CCC[C@H]1C(=O)C(C)(C)C. The van der Waals surface area contributed by atoms with Crippen molar-refractivity contribution >= 4 is 5.78 Å². The van der Waals surface area contributed by atoms with E-state index >= 15 is 0 Å². The third kappa shape index (κ3) is 2.85. The van der Waals surface area contributed by atoms with Crippen LogP contribution in [0, 0.1) is 11.3 Å². The topological polar surface area (TPSA) is 20.3 Å². The van der Waals surface area contributed by atoms with Crippen molar-refractivity contribution in [1.82, 2.24) is 4.90 Å². The van der Waals surface area contributed by atoms with Crippen molar-refractivity contribution in [1.29, 1.82) is 0 Å². The standard InChI is InChI=1S/C14H27NO/c1-10(2)11(3)15-9-7-8-12(15)13(16)14(4,5)6/h10-12H,7-9H2,1-6H3/t11?,12-/m0/s1. The molecule has 94 valence electrons. The molecule has 1 rings (SSSR count). The summed E-state index contributed by atoms with van der Waals surface area (Å²) in [4.78, 5) is 14.8. The molecule has 2 atom stereocenters. The largest absolute Gasteiger partial charge is 0.297 e. The highest BCUT2D eigenvalue weighted by Gasteiger charge is 2.38. The molecule has 0 amide bonds. The van der Waals surface area contributed by atoms with Gasteiger partial charge >= 0.3 is 0 Å². The van der Waals surface area contributed by atoms with Gasteiger partial charge in [-0.3, -0.25) is 9.69 Å². The first-order valence-corrected chi connectivity index (χ1v) is 6.55. The van der Waals surface area contributed by atoms with Crippen LogP contribution in [0.25, 0.3) is 0 Å². The molecule has 1 heterocycles. The van der Waals surface area contributed by atoms with E-state index < -0.39 is 0 Å². The van der Waals surface area contributed by atoms with E-state index in [4.69, 9.17) is 0 Å². The highest BCUT2D eigenvalue weighted by Crippen LogP contribution is 2.29. The summed E-state index contributed by atoms with van der Waals surface area (Å²) < 4.78 is 0. The summed E-state index contributed by atoms with van der Waals surface area (Å²) in [5, 5.41) is 0. The number of carbonyl (C=O) groups is 1. The van der Waals surface area contributed by atoms with Crippen LogP contribution >= 0.6 is 0 Å². The van der Waals surface area contributed by atoms with Gasteiger partial charge in [0.25, 0.3) is 0 Å². The number of ketones is 1. The molecule has 2 heteroatoms. The number of likely N-dealkylation sites (tertiary alicyclic amines) is 1. The molecule has 0 aromatic rings. The molecule has 1 unspecified atom stereocenters. The van der Waals surface area contributed by atoms with Crippen LogP contribution in [0.4, 0.5) is 0 Å². The molecule has 0 aromatic heterocycles. The monoisotopic (exact) mass is 225 g/mol. The van der Waals surface area contributed by atoms with E-state index in [1.807, 2.05) is 20.8 Å². The molecule has 0 radical (unpaired) electrons. The molecule has 1 saturated heterocycles. The van der Waals surface area contributed by atoms with Gasteiger partial charge < -0.3 is 0 Å². The Hall–Kier alpha value is -0.370. The average molecular weight is 225 g/mol. The van der Waals surface area contributed by atoms with Gasteiger partial charge in [0, 0.05) is 11.5 Å². The average Bonchev–Trinajstić information content (AvgIpc) is 2.61. The highest BCUT2D eigenvalue weighted by atomic mass is 16.1. The second-order valence-corrected chi connectivity index (χ2v) is 6.49. The zero-order valence-corrected chi connectivity index (χ0v) is 11.7. The van der Waals surface area contributed by atoms with E-state index in [2.05, 4.69) is 25.7 Å². The molecule has 0 spiro atoms. The summed E-state index contributed by atoms with van der Waals surface area (Å²) in [7, 11) is 0. The maximum absolute atomic E-state index is 12.4. The first-order chi connectivity index (χ1) is 7.25. The minimum Gasteiger partial charge on any atom is -0.297 e. The third-order valence-corrected chi connectivity index (χ3v) is 3.82. The van der Waals surface area contributed by atoms with E-state index in [1.54, 1.807) is 0 Å². The zero-order chi connectivity index (χ0) is 12.5. The second-order valence-electron chi connectivity index (χ2n) is 6.49. The van der Waals surface area contributed by atoms with Crippen molar-refractivity contribution in [2.75, 3.05) is 6.54 Å². The minimum atomic E-state index is -0.204. The summed E-state index contributed by atoms with van der Waals surface area (Å²) in [6.07, 6.45) is 2.22. The molecule has 0 saturated carbocycles. The fraction of sp³-hybridized carbons (Fsp3) is 0.929. The van der Waals surface area contributed by atoms with Gasteiger partial charge in [-0.05, 0) is 32.2 Å². The molecule has 2 nitrogen and oxygen atoms in total. The Morgan fingerprint density at radius 3 is 2.25 bits per heavy atom. The molecular formula is C14H27NO. The summed E-state index contributed by atoms with van der Waals surface area (Å²) in [5.74, 6) is 1.03. The normalized spacial score (nSPS) is 25.1. The Morgan fingerprint density at radius 1 is 1.25 bits per heavy atom. The molecule has 0 aromatic carbocycles. The molecular weight excluding hydrogens is 198 g/mol. The van der Waals surface area contributed by atoms with Gasteiger partial charge in [0.2, 0.25) is 0 Å². The smallest absolute Gasteiger partial charge is 0.155 e. The van der Waals surface area contributed by atoms with Gasteiger partial charge in [-0.25, -0.2) is 0 Å². The van der Waals surface area contributed by atoms with E-state index in [0.29, 0.717) is 17.7 Å². The Labute approximate surface area is 100 Å². The lowest BCUT2D eigenvalue weighted by atomic mass is 9.85. The van der Waals surface area contributed by atoms with Gasteiger partial charge in [-0.2, -0.15) is 0 Å². The molecule has 1 aliphatic heterocycles. The maximum Gasteiger partial charge on any atom is 0.155 e. The molecule has 0 bridgehead atoms. The van der Waals surface area contributed by atoms with Gasteiger partial charge in [0.1, 0.15) is 0 Å². The van der Waals surface area contributed by atoms with Gasteiger partial charge in [-0.15, -0.1) is 0 Å². The lowest BCUT2D eigenvalue weighted by Gasteiger charge is -2.35. The maximum atomic E-state index is 12.4. The van der Waals surface area contributed by atoms with Gasteiger partial charge in [-0.1, -0.05) is 34.6 Å². The number of nitrogens with zero attached hydrogens (tertiary/aromatic N) is 1. The number of carbonyl (C=O) groups excluding carboxylic acids is 1. The van der Waals surface area contributed by atoms with E-state index in [1.165, 1.54) is 6.42 Å². The van der Waals surface area contributed by atoms with E-state index in [0.717, 1.165) is 13.0 Å². The predicted octanol–water partition coefficient (Wildman–Crippen LogP) is 3.11. The number of hydrogen-bond donors (Lipinski definition) is 0. The molecule has 1 aliphatic rings. The van der Waals surface area contributed by atoms with Crippen LogP contribution in [0.1, 0.15) is 54.4 Å². The van der Waals surface area contributed by atoms with Gasteiger partial charge in [0.15, 0.2) is 5.78 Å². The highest BCUT2D eigenvalue weighted by molar-refractivity contribution is 5.89. The van der Waals surface area contributed by atoms with E-state index in [9.17, 15) is 4.79 Å². The first-order valence-electron chi connectivity index (χ1n) is 6.55. The fourth-order valence-electron chi connectivity index (χ4n) is 2.44. The number of hydrogen-bond acceptors (Lipinski definition) is 2. The molecule has 0 aliphatic carbocycles. The van der Waals surface area contributed by atoms with Crippen molar-refractivity contribution < 1.29 is 4.79 Å². The Kier molecular flexibility index (Phi) is 4.17. The predicted molar refractivity (Wildman–Crippen MR) is 68.5 cm³/mol. The third-order valence-electron chi connectivity index (χ3n) is 3.82. The van der Waals surface area contributed by atoms with Crippen molar-refractivity contribution in [3.63, 3.8) is 0 Å². The Bertz CT molecular complexity index is 252. The Morgan fingerprint density at radius 2 is 1.81 bits per heavy atom. The Balaban J connectivity index is 2.77. The van der Waals surface area contributed by atoms with Crippen molar-refractivity contribution in [3.05, 3.63) is 0 Å². The minimum absolute atomic E-state index is 0.164. The van der Waals surface area contributed by atoms with Crippen molar-refractivity contribution in [2.45, 2.75) is 66.5 Å². The lowest BCUT2D eigenvalue weighted by Crippen LogP contribution is -2.47. The second kappa shape index (κ2) is 4.87. The quantitative estimate of drug-likeness (QED) is 0.735. The van der Waals surface area contributed by atoms with Crippen LogP contribution < -0.4 is 0 Å². The van der Waals surface area contributed by atoms with E-state index in [-0.39, 0.29) is 11.5 Å². The van der Waals surface area contributed by atoms with Gasteiger partial charge in [0.05, 0.1) is 6.04 Å². The van der Waals surface area contributed by atoms with Crippen molar-refractivity contribution in [3.8, 4) is 0 Å². The molecule has 0 N–H and O–H groups in total. The zero-order valence-electron chi connectivity index (χ0n) is 11.7. The first kappa shape index (κ1) is 13.7. The van der Waals surface area contributed by atoms with Crippen LogP contribution in [-0.4, -0.2) is 29.3 Å². The summed E-state index contributed by atoms with van der Waals surface area (Å²) in [6, 6.07) is 0.677. The molecule has 1 fully saturated rings. The van der Waals surface area contributed by atoms with Crippen LogP contribution in [0.5, 0.6) is 0 Å². The van der Waals surface area contributed by atoms with Crippen molar-refractivity contribution in [2.24, 2.45) is 11.3 Å². The summed E-state index contributed by atoms with van der Waals surface area (Å²) in [6.45, 7) is 13.9. The summed E-state index contributed by atoms with van der Waals surface area (Å²) >= 11 is 0. The summed E-state index contributed by atoms with van der Waals surface area (Å²) in [5.41, 5.74) is -0.204. The molecule has 16 heavy (non-hydrogen) atoms. The lowest BCUT2D eigenvalue weighted by molar-refractivity contribution is -0.131. The number of rotatable bonds is 3. The van der Waals surface area contributed by atoms with Crippen LogP contribution in [-0.2, 0) is 4.79 Å². The number of Topliss-reactive ketones (excluding diaryl/α,β-unsaturated/α-hetero) is 1. The van der Waals surface area contributed by atoms with Crippen LogP contribution in [0.15, 0.2) is 0 Å². The van der Waals surface area contributed by atoms with Crippen LogP contribution in [0.3, 0.4) is 0 Å².